The molecule has 0 radical (unpaired) electrons. The molecule has 6 heteroatoms. The van der Waals surface area contributed by atoms with E-state index in [1.54, 1.807) is 12.0 Å². The van der Waals surface area contributed by atoms with E-state index < -0.39 is 0 Å². The number of hydrogen-bond donors (Lipinski definition) is 0. The van der Waals surface area contributed by atoms with Crippen LogP contribution >= 0.6 is 0 Å². The van der Waals surface area contributed by atoms with Crippen LogP contribution in [0, 0.1) is 11.8 Å². The van der Waals surface area contributed by atoms with Gasteiger partial charge in [0.1, 0.15) is 5.75 Å². The molecule has 0 spiro atoms. The fourth-order valence-electron chi connectivity index (χ4n) is 4.39. The van der Waals surface area contributed by atoms with Crippen LogP contribution in [0.1, 0.15) is 57.4 Å². The minimum Gasteiger partial charge on any atom is -0.497 e. The summed E-state index contributed by atoms with van der Waals surface area (Å²) in [5.74, 6) is 1.54. The topological polar surface area (TPSA) is 54.8 Å². The highest BCUT2D eigenvalue weighted by Crippen LogP contribution is 2.18. The number of carbonyl (C=O) groups excluding carboxylic acids is 2. The van der Waals surface area contributed by atoms with Crippen molar-refractivity contribution in [3.8, 4) is 5.75 Å². The van der Waals surface area contributed by atoms with Crippen molar-refractivity contribution in [3.63, 3.8) is 0 Å². The van der Waals surface area contributed by atoms with E-state index in [2.05, 4.69) is 30.5 Å². The molecule has 0 saturated heterocycles. The van der Waals surface area contributed by atoms with Gasteiger partial charge in [0.2, 0.25) is 11.8 Å². The molecule has 3 aromatic rings. The fourth-order valence-corrected chi connectivity index (χ4v) is 4.39. The fraction of sp³-hybridized carbons (Fsp3) is 0.438. The zero-order chi connectivity index (χ0) is 27.5. The first-order valence-corrected chi connectivity index (χ1v) is 13.6. The molecule has 0 bridgehead atoms. The second-order valence-electron chi connectivity index (χ2n) is 10.8. The minimum absolute atomic E-state index is 0.0381. The molecule has 1 heterocycles. The normalized spacial score (nSPS) is 11.1. The van der Waals surface area contributed by atoms with Crippen molar-refractivity contribution in [1.82, 2.24) is 14.4 Å². The van der Waals surface area contributed by atoms with Crippen molar-refractivity contribution in [2.24, 2.45) is 11.8 Å². The van der Waals surface area contributed by atoms with Gasteiger partial charge in [-0.05, 0) is 53.6 Å². The van der Waals surface area contributed by atoms with Gasteiger partial charge in [-0.25, -0.2) is 0 Å². The zero-order valence-corrected chi connectivity index (χ0v) is 23.6. The summed E-state index contributed by atoms with van der Waals surface area (Å²) in [6.45, 7) is 10.7. The van der Waals surface area contributed by atoms with E-state index >= 15 is 0 Å². The van der Waals surface area contributed by atoms with Gasteiger partial charge in [0.05, 0.1) is 20.2 Å². The Morgan fingerprint density at radius 2 is 1.55 bits per heavy atom. The molecule has 0 N–H and O–H groups in total. The van der Waals surface area contributed by atoms with E-state index in [0.29, 0.717) is 38.5 Å². The van der Waals surface area contributed by atoms with Gasteiger partial charge in [-0.3, -0.25) is 9.59 Å². The lowest BCUT2D eigenvalue weighted by atomic mass is 10.1. The van der Waals surface area contributed by atoms with Gasteiger partial charge in [0, 0.05) is 37.9 Å². The molecule has 6 nitrogen and oxygen atoms in total. The Hall–Kier alpha value is -3.54. The van der Waals surface area contributed by atoms with E-state index in [1.165, 1.54) is 0 Å². The van der Waals surface area contributed by atoms with Gasteiger partial charge in [-0.15, -0.1) is 0 Å². The standard InChI is InChI=1S/C32H43N3O3/c1-25(2)16-18-34(31(36)19-26(3)4)24-32(37)35(21-27-11-7-6-8-12-27)23-29-14-10-17-33(29)22-28-13-9-15-30(20-28)38-5/h6-15,17,20,25-26H,16,18-19,21-24H2,1-5H3. The third kappa shape index (κ3) is 9.09. The van der Waals surface area contributed by atoms with Crippen LogP contribution in [0.2, 0.25) is 0 Å². The van der Waals surface area contributed by atoms with Crippen LogP contribution < -0.4 is 4.74 Å². The molecule has 0 fully saturated rings. The van der Waals surface area contributed by atoms with Gasteiger partial charge >= 0.3 is 0 Å². The first-order valence-electron chi connectivity index (χ1n) is 13.6. The summed E-state index contributed by atoms with van der Waals surface area (Å²) < 4.78 is 7.55. The number of nitrogens with zero attached hydrogens (tertiary/aromatic N) is 3. The second kappa shape index (κ2) is 14.4. The third-order valence-corrected chi connectivity index (χ3v) is 6.57. The number of methoxy groups -OCH3 is 1. The van der Waals surface area contributed by atoms with Crippen LogP contribution in [0.15, 0.2) is 72.9 Å². The van der Waals surface area contributed by atoms with E-state index in [-0.39, 0.29) is 24.3 Å². The van der Waals surface area contributed by atoms with Gasteiger partial charge in [0.15, 0.2) is 0 Å². The molecule has 0 aliphatic rings. The summed E-state index contributed by atoms with van der Waals surface area (Å²) in [6.07, 6.45) is 3.37. The van der Waals surface area contributed by atoms with Crippen LogP contribution in [-0.4, -0.2) is 46.4 Å². The number of hydrogen-bond acceptors (Lipinski definition) is 3. The first kappa shape index (κ1) is 29.0. The van der Waals surface area contributed by atoms with Crippen molar-refractivity contribution in [1.29, 1.82) is 0 Å². The number of carbonyl (C=O) groups is 2. The third-order valence-electron chi connectivity index (χ3n) is 6.57. The number of amides is 2. The Bertz CT molecular complexity index is 1150. The number of aromatic nitrogens is 1. The summed E-state index contributed by atoms with van der Waals surface area (Å²) in [6, 6.07) is 22.1. The monoisotopic (exact) mass is 517 g/mol. The van der Waals surface area contributed by atoms with Crippen molar-refractivity contribution in [2.75, 3.05) is 20.2 Å². The van der Waals surface area contributed by atoms with E-state index in [9.17, 15) is 9.59 Å². The van der Waals surface area contributed by atoms with Crippen LogP contribution in [0.25, 0.3) is 0 Å². The quantitative estimate of drug-likeness (QED) is 0.264. The summed E-state index contributed by atoms with van der Waals surface area (Å²) in [4.78, 5) is 30.5. The summed E-state index contributed by atoms with van der Waals surface area (Å²) in [5, 5.41) is 0. The molecular formula is C32H43N3O3. The lowest BCUT2D eigenvalue weighted by Crippen LogP contribution is -2.43. The molecular weight excluding hydrogens is 474 g/mol. The SMILES string of the molecule is COc1cccc(Cn2cccc2CN(Cc2ccccc2)C(=O)CN(CCC(C)C)C(=O)CC(C)C)c1. The lowest BCUT2D eigenvalue weighted by molar-refractivity contribution is -0.141. The molecule has 2 aromatic carbocycles. The Labute approximate surface area is 228 Å². The molecule has 1 aromatic heterocycles. The number of rotatable bonds is 14. The molecule has 3 rings (SSSR count). The molecule has 2 amide bonds. The van der Waals surface area contributed by atoms with Crippen LogP contribution in [0.5, 0.6) is 5.75 Å². The summed E-state index contributed by atoms with van der Waals surface area (Å²) >= 11 is 0. The van der Waals surface area contributed by atoms with Crippen molar-refractivity contribution < 1.29 is 14.3 Å². The Balaban J connectivity index is 1.82. The average Bonchev–Trinajstić information content (AvgIpc) is 3.32. The molecule has 0 aliphatic carbocycles. The van der Waals surface area contributed by atoms with Crippen LogP contribution in [0.4, 0.5) is 0 Å². The van der Waals surface area contributed by atoms with Gasteiger partial charge in [0.25, 0.3) is 0 Å². The average molecular weight is 518 g/mol. The van der Waals surface area contributed by atoms with E-state index in [1.807, 2.05) is 79.5 Å². The maximum Gasteiger partial charge on any atom is 0.242 e. The smallest absolute Gasteiger partial charge is 0.242 e. The number of ether oxygens (including phenoxy) is 1. The molecule has 0 saturated carbocycles. The second-order valence-corrected chi connectivity index (χ2v) is 10.8. The number of benzene rings is 2. The van der Waals surface area contributed by atoms with E-state index in [4.69, 9.17) is 4.74 Å². The minimum atomic E-state index is -0.0381. The predicted octanol–water partition coefficient (Wildman–Crippen LogP) is 5.99. The maximum absolute atomic E-state index is 13.8. The first-order chi connectivity index (χ1) is 18.2. The van der Waals surface area contributed by atoms with Gasteiger partial charge in [-0.2, -0.15) is 0 Å². The highest BCUT2D eigenvalue weighted by molar-refractivity contribution is 5.85. The Morgan fingerprint density at radius 3 is 2.24 bits per heavy atom. The maximum atomic E-state index is 13.8. The molecule has 0 unspecified atom stereocenters. The van der Waals surface area contributed by atoms with Gasteiger partial charge in [-0.1, -0.05) is 70.2 Å². The van der Waals surface area contributed by atoms with Gasteiger partial charge < -0.3 is 19.1 Å². The van der Waals surface area contributed by atoms with Crippen molar-refractivity contribution in [2.45, 2.75) is 60.2 Å². The van der Waals surface area contributed by atoms with E-state index in [0.717, 1.165) is 29.0 Å². The predicted molar refractivity (Wildman–Crippen MR) is 153 cm³/mol. The van der Waals surface area contributed by atoms with Crippen molar-refractivity contribution >= 4 is 11.8 Å². The molecule has 0 atom stereocenters. The van der Waals surface area contributed by atoms with Crippen molar-refractivity contribution in [3.05, 3.63) is 89.7 Å². The molecule has 204 valence electrons. The zero-order valence-electron chi connectivity index (χ0n) is 23.6. The summed E-state index contributed by atoms with van der Waals surface area (Å²) in [5.41, 5.74) is 3.23. The summed E-state index contributed by atoms with van der Waals surface area (Å²) in [7, 11) is 1.67. The molecule has 38 heavy (non-hydrogen) atoms. The Morgan fingerprint density at radius 1 is 0.816 bits per heavy atom. The molecule has 0 aliphatic heterocycles. The van der Waals surface area contributed by atoms with Crippen LogP contribution in [-0.2, 0) is 29.2 Å². The highest BCUT2D eigenvalue weighted by Gasteiger charge is 2.23. The van der Waals surface area contributed by atoms with Crippen LogP contribution in [0.3, 0.4) is 0 Å². The Kier molecular flexibility index (Phi) is 11.0. The lowest BCUT2D eigenvalue weighted by Gasteiger charge is -2.29. The largest absolute Gasteiger partial charge is 0.497 e. The highest BCUT2D eigenvalue weighted by atomic mass is 16.5.